The van der Waals surface area contributed by atoms with Crippen LogP contribution in [0.3, 0.4) is 0 Å². The van der Waals surface area contributed by atoms with E-state index in [2.05, 4.69) is 46.4 Å². The largest absolute Gasteiger partial charge is 0.497 e. The molecule has 3 aromatic rings. The highest BCUT2D eigenvalue weighted by atomic mass is 32.1. The highest BCUT2D eigenvalue weighted by Gasteiger charge is 2.14. The van der Waals surface area contributed by atoms with E-state index in [1.807, 2.05) is 36.5 Å². The van der Waals surface area contributed by atoms with Crippen molar-refractivity contribution in [1.82, 2.24) is 9.88 Å². The topological polar surface area (TPSA) is 46.6 Å². The van der Waals surface area contributed by atoms with Gasteiger partial charge < -0.3 is 19.7 Å². The fourth-order valence-corrected chi connectivity index (χ4v) is 3.28. The number of anilines is 1. The van der Waals surface area contributed by atoms with Crippen molar-refractivity contribution in [1.29, 1.82) is 0 Å². The molecule has 1 aromatic heterocycles. The Morgan fingerprint density at radius 3 is 2.48 bits per heavy atom. The van der Waals surface area contributed by atoms with E-state index >= 15 is 0 Å². The number of pyridine rings is 1. The maximum absolute atomic E-state index is 5.76. The number of benzene rings is 2. The van der Waals surface area contributed by atoms with E-state index in [9.17, 15) is 0 Å². The van der Waals surface area contributed by atoms with E-state index in [4.69, 9.17) is 21.7 Å². The zero-order chi connectivity index (χ0) is 20.6. The molecule has 0 amide bonds. The van der Waals surface area contributed by atoms with Gasteiger partial charge in [0.05, 0.1) is 19.9 Å². The Labute approximate surface area is 177 Å². The number of thiocarbonyl (C=S) groups is 1. The fourth-order valence-electron chi connectivity index (χ4n) is 3.04. The van der Waals surface area contributed by atoms with Crippen molar-refractivity contribution in [3.8, 4) is 11.5 Å². The SMILES string of the molecule is COc1ccc(NC(=S)N(Cc2cccnc2)Cc2cccc(C)c2)c(OC)c1. The molecule has 0 fully saturated rings. The summed E-state index contributed by atoms with van der Waals surface area (Å²) in [5.41, 5.74) is 4.30. The number of methoxy groups -OCH3 is 2. The predicted molar refractivity (Wildman–Crippen MR) is 120 cm³/mol. The number of ether oxygens (including phenoxy) is 2. The van der Waals surface area contributed by atoms with Crippen molar-refractivity contribution in [2.75, 3.05) is 19.5 Å². The lowest BCUT2D eigenvalue weighted by molar-refractivity contribution is 0.394. The van der Waals surface area contributed by atoms with E-state index < -0.39 is 0 Å². The van der Waals surface area contributed by atoms with Crippen LogP contribution in [0, 0.1) is 6.92 Å². The van der Waals surface area contributed by atoms with Crippen LogP contribution in [0.4, 0.5) is 5.69 Å². The summed E-state index contributed by atoms with van der Waals surface area (Å²) < 4.78 is 10.8. The average Bonchev–Trinajstić information content (AvgIpc) is 2.74. The highest BCUT2D eigenvalue weighted by Crippen LogP contribution is 2.29. The molecule has 0 saturated heterocycles. The normalized spacial score (nSPS) is 10.3. The minimum absolute atomic E-state index is 0.610. The van der Waals surface area contributed by atoms with Crippen LogP contribution in [-0.2, 0) is 13.1 Å². The minimum atomic E-state index is 0.610. The van der Waals surface area contributed by atoms with Crippen LogP contribution >= 0.6 is 12.2 Å². The number of rotatable bonds is 7. The van der Waals surface area contributed by atoms with Crippen LogP contribution in [0.5, 0.6) is 11.5 Å². The summed E-state index contributed by atoms with van der Waals surface area (Å²) in [6.07, 6.45) is 3.63. The Bertz CT molecular complexity index is 963. The van der Waals surface area contributed by atoms with Crippen LogP contribution in [0.25, 0.3) is 0 Å². The molecule has 6 heteroatoms. The second kappa shape index (κ2) is 9.89. The van der Waals surface area contributed by atoms with Gasteiger partial charge in [0.2, 0.25) is 0 Å². The van der Waals surface area contributed by atoms with Crippen molar-refractivity contribution < 1.29 is 9.47 Å². The maximum Gasteiger partial charge on any atom is 0.174 e. The standard InChI is InChI=1S/C23H25N3O2S/c1-17-6-4-7-18(12-17)15-26(16-19-8-5-11-24-14-19)23(29)25-21-10-9-20(27-2)13-22(21)28-3/h4-14H,15-16H2,1-3H3,(H,25,29). The van der Waals surface area contributed by atoms with E-state index in [1.165, 1.54) is 11.1 Å². The Kier molecular flexibility index (Phi) is 7.03. The molecule has 0 bridgehead atoms. The van der Waals surface area contributed by atoms with Gasteiger partial charge in [0.15, 0.2) is 5.11 Å². The zero-order valence-electron chi connectivity index (χ0n) is 16.9. The second-order valence-corrected chi connectivity index (χ2v) is 7.09. The second-order valence-electron chi connectivity index (χ2n) is 6.70. The van der Waals surface area contributed by atoms with Crippen LogP contribution in [0.1, 0.15) is 16.7 Å². The van der Waals surface area contributed by atoms with E-state index in [1.54, 1.807) is 20.4 Å². The van der Waals surface area contributed by atoms with Crippen molar-refractivity contribution >= 4 is 23.0 Å². The van der Waals surface area contributed by atoms with E-state index in [-0.39, 0.29) is 0 Å². The number of aryl methyl sites for hydroxylation is 1. The number of hydrogen-bond donors (Lipinski definition) is 1. The highest BCUT2D eigenvalue weighted by molar-refractivity contribution is 7.80. The molecule has 0 atom stereocenters. The molecule has 0 spiro atoms. The van der Waals surface area contributed by atoms with Crippen LogP contribution < -0.4 is 14.8 Å². The summed E-state index contributed by atoms with van der Waals surface area (Å²) in [6.45, 7) is 3.42. The van der Waals surface area contributed by atoms with Crippen molar-refractivity contribution in [2.24, 2.45) is 0 Å². The fraction of sp³-hybridized carbons (Fsp3) is 0.217. The van der Waals surface area contributed by atoms with Crippen molar-refractivity contribution in [2.45, 2.75) is 20.0 Å². The first-order valence-corrected chi connectivity index (χ1v) is 9.72. The summed E-state index contributed by atoms with van der Waals surface area (Å²) in [4.78, 5) is 6.34. The lowest BCUT2D eigenvalue weighted by atomic mass is 10.1. The molecule has 0 radical (unpaired) electrons. The third-order valence-corrected chi connectivity index (χ3v) is 4.85. The molecule has 0 aliphatic carbocycles. The van der Waals surface area contributed by atoms with Gasteiger partial charge in [-0.2, -0.15) is 0 Å². The number of aromatic nitrogens is 1. The summed E-state index contributed by atoms with van der Waals surface area (Å²) in [6, 6.07) is 18.0. The van der Waals surface area contributed by atoms with Gasteiger partial charge in [0.25, 0.3) is 0 Å². The van der Waals surface area contributed by atoms with E-state index in [0.717, 1.165) is 17.0 Å². The summed E-state index contributed by atoms with van der Waals surface area (Å²) in [5, 5.41) is 3.93. The molecule has 3 rings (SSSR count). The summed E-state index contributed by atoms with van der Waals surface area (Å²) in [5.74, 6) is 1.40. The van der Waals surface area contributed by atoms with Gasteiger partial charge in [-0.15, -0.1) is 0 Å². The molecule has 29 heavy (non-hydrogen) atoms. The Balaban J connectivity index is 1.83. The van der Waals surface area contributed by atoms with Crippen molar-refractivity contribution in [3.63, 3.8) is 0 Å². The molecular weight excluding hydrogens is 382 g/mol. The van der Waals surface area contributed by atoms with Gasteiger partial charge in [-0.25, -0.2) is 0 Å². The molecule has 5 nitrogen and oxygen atoms in total. The Hall–Kier alpha value is -3.12. The van der Waals surface area contributed by atoms with Gasteiger partial charge in [-0.05, 0) is 48.5 Å². The first kappa shape index (κ1) is 20.6. The lowest BCUT2D eigenvalue weighted by Gasteiger charge is -2.27. The molecular formula is C23H25N3O2S. The molecule has 1 heterocycles. The molecule has 0 saturated carbocycles. The molecule has 0 aliphatic rings. The number of nitrogens with one attached hydrogen (secondary N) is 1. The first-order valence-electron chi connectivity index (χ1n) is 9.31. The minimum Gasteiger partial charge on any atom is -0.497 e. The smallest absolute Gasteiger partial charge is 0.174 e. The van der Waals surface area contributed by atoms with Crippen LogP contribution in [-0.4, -0.2) is 29.2 Å². The number of nitrogens with zero attached hydrogens (tertiary/aromatic N) is 2. The molecule has 150 valence electrons. The van der Waals surface area contributed by atoms with E-state index in [0.29, 0.717) is 24.0 Å². The van der Waals surface area contributed by atoms with Gasteiger partial charge in [0, 0.05) is 31.5 Å². The van der Waals surface area contributed by atoms with Crippen molar-refractivity contribution in [3.05, 3.63) is 83.7 Å². The predicted octanol–water partition coefficient (Wildman–Crippen LogP) is 4.81. The lowest BCUT2D eigenvalue weighted by Crippen LogP contribution is -2.34. The van der Waals surface area contributed by atoms with Gasteiger partial charge in [-0.1, -0.05) is 35.9 Å². The van der Waals surface area contributed by atoms with Gasteiger partial charge in [0.1, 0.15) is 11.5 Å². The van der Waals surface area contributed by atoms with Crippen LogP contribution in [0.2, 0.25) is 0 Å². The summed E-state index contributed by atoms with van der Waals surface area (Å²) >= 11 is 5.76. The third-order valence-electron chi connectivity index (χ3n) is 4.49. The Morgan fingerprint density at radius 1 is 1.00 bits per heavy atom. The maximum atomic E-state index is 5.76. The monoisotopic (exact) mass is 407 g/mol. The van der Waals surface area contributed by atoms with Gasteiger partial charge in [-0.3, -0.25) is 4.98 Å². The quantitative estimate of drug-likeness (QED) is 0.568. The molecule has 0 unspecified atom stereocenters. The zero-order valence-corrected chi connectivity index (χ0v) is 17.7. The van der Waals surface area contributed by atoms with Gasteiger partial charge >= 0.3 is 0 Å². The Morgan fingerprint density at radius 2 is 1.79 bits per heavy atom. The molecule has 2 aromatic carbocycles. The first-order chi connectivity index (χ1) is 14.1. The molecule has 1 N–H and O–H groups in total. The summed E-state index contributed by atoms with van der Waals surface area (Å²) in [7, 11) is 3.26. The number of hydrogen-bond acceptors (Lipinski definition) is 4. The van der Waals surface area contributed by atoms with Crippen LogP contribution in [0.15, 0.2) is 67.0 Å². The average molecular weight is 408 g/mol. The molecule has 0 aliphatic heterocycles. The third kappa shape index (κ3) is 5.68.